The SMILES string of the molecule is CCN(CC)C(=O)CCNCc1cn[nH]c1-c1cccs1. The molecule has 0 unspecified atom stereocenters. The minimum Gasteiger partial charge on any atom is -0.343 e. The van der Waals surface area contributed by atoms with Crippen molar-refractivity contribution in [1.82, 2.24) is 20.4 Å². The minimum absolute atomic E-state index is 0.207. The van der Waals surface area contributed by atoms with Gasteiger partial charge in [0.05, 0.1) is 16.8 Å². The van der Waals surface area contributed by atoms with Gasteiger partial charge in [-0.25, -0.2) is 0 Å². The Morgan fingerprint density at radius 3 is 2.90 bits per heavy atom. The van der Waals surface area contributed by atoms with Crippen LogP contribution in [0.15, 0.2) is 23.7 Å². The summed E-state index contributed by atoms with van der Waals surface area (Å²) in [6, 6.07) is 4.10. The van der Waals surface area contributed by atoms with E-state index in [1.807, 2.05) is 31.0 Å². The molecule has 2 N–H and O–H groups in total. The molecule has 0 saturated carbocycles. The fraction of sp³-hybridized carbons (Fsp3) is 0.467. The molecule has 0 fully saturated rings. The van der Waals surface area contributed by atoms with E-state index in [4.69, 9.17) is 0 Å². The summed E-state index contributed by atoms with van der Waals surface area (Å²) in [5.74, 6) is 0.207. The van der Waals surface area contributed by atoms with Crippen molar-refractivity contribution in [2.75, 3.05) is 19.6 Å². The monoisotopic (exact) mass is 306 g/mol. The van der Waals surface area contributed by atoms with Crippen LogP contribution in [0.2, 0.25) is 0 Å². The maximum absolute atomic E-state index is 11.9. The second-order valence-electron chi connectivity index (χ2n) is 4.74. The number of aromatic amines is 1. The van der Waals surface area contributed by atoms with Crippen molar-refractivity contribution in [2.45, 2.75) is 26.8 Å². The van der Waals surface area contributed by atoms with Gasteiger partial charge >= 0.3 is 0 Å². The van der Waals surface area contributed by atoms with Crippen LogP contribution in [0.1, 0.15) is 25.8 Å². The molecular formula is C15H22N4OS. The average Bonchev–Trinajstić information content (AvgIpc) is 3.15. The van der Waals surface area contributed by atoms with Gasteiger partial charge in [0.15, 0.2) is 0 Å². The van der Waals surface area contributed by atoms with Gasteiger partial charge in [0, 0.05) is 38.2 Å². The molecule has 0 aromatic carbocycles. The smallest absolute Gasteiger partial charge is 0.223 e. The summed E-state index contributed by atoms with van der Waals surface area (Å²) in [5, 5.41) is 12.5. The van der Waals surface area contributed by atoms with E-state index in [0.717, 1.165) is 30.9 Å². The number of hydrogen-bond acceptors (Lipinski definition) is 4. The summed E-state index contributed by atoms with van der Waals surface area (Å²) in [7, 11) is 0. The van der Waals surface area contributed by atoms with Gasteiger partial charge in [-0.05, 0) is 25.3 Å². The van der Waals surface area contributed by atoms with Crippen LogP contribution in [0.4, 0.5) is 0 Å². The third kappa shape index (κ3) is 4.15. The Labute approximate surface area is 129 Å². The van der Waals surface area contributed by atoms with E-state index in [0.29, 0.717) is 13.0 Å². The van der Waals surface area contributed by atoms with Crippen LogP contribution in [0, 0.1) is 0 Å². The van der Waals surface area contributed by atoms with Crippen molar-refractivity contribution in [3.8, 4) is 10.6 Å². The van der Waals surface area contributed by atoms with Crippen LogP contribution in [-0.2, 0) is 11.3 Å². The molecule has 2 aromatic rings. The molecular weight excluding hydrogens is 284 g/mol. The topological polar surface area (TPSA) is 61.0 Å². The summed E-state index contributed by atoms with van der Waals surface area (Å²) in [6.07, 6.45) is 2.38. The molecule has 0 spiro atoms. The Hall–Kier alpha value is -1.66. The van der Waals surface area contributed by atoms with Crippen LogP contribution in [-0.4, -0.2) is 40.6 Å². The van der Waals surface area contributed by atoms with E-state index in [-0.39, 0.29) is 5.91 Å². The van der Waals surface area contributed by atoms with Crippen molar-refractivity contribution in [3.63, 3.8) is 0 Å². The van der Waals surface area contributed by atoms with Gasteiger partial charge in [-0.1, -0.05) is 6.07 Å². The third-order valence-electron chi connectivity index (χ3n) is 3.43. The number of hydrogen-bond donors (Lipinski definition) is 2. The minimum atomic E-state index is 0.207. The highest BCUT2D eigenvalue weighted by atomic mass is 32.1. The Morgan fingerprint density at radius 2 is 2.24 bits per heavy atom. The molecule has 21 heavy (non-hydrogen) atoms. The third-order valence-corrected chi connectivity index (χ3v) is 4.32. The van der Waals surface area contributed by atoms with Crippen LogP contribution in [0.3, 0.4) is 0 Å². The maximum atomic E-state index is 11.9. The molecule has 0 aliphatic carbocycles. The average molecular weight is 306 g/mol. The first-order chi connectivity index (χ1) is 10.3. The van der Waals surface area contributed by atoms with Crippen molar-refractivity contribution in [3.05, 3.63) is 29.3 Å². The molecule has 1 amide bonds. The lowest BCUT2D eigenvalue weighted by atomic mass is 10.2. The summed E-state index contributed by atoms with van der Waals surface area (Å²) < 4.78 is 0. The first-order valence-corrected chi connectivity index (χ1v) is 8.18. The lowest BCUT2D eigenvalue weighted by Gasteiger charge is -2.18. The van der Waals surface area contributed by atoms with Gasteiger partial charge in [-0.3, -0.25) is 9.89 Å². The van der Waals surface area contributed by atoms with Gasteiger partial charge in [-0.2, -0.15) is 5.10 Å². The van der Waals surface area contributed by atoms with E-state index in [1.165, 1.54) is 4.88 Å². The number of amides is 1. The molecule has 0 bridgehead atoms. The zero-order valence-electron chi connectivity index (χ0n) is 12.6. The van der Waals surface area contributed by atoms with Gasteiger partial charge in [0.1, 0.15) is 0 Å². The second kappa shape index (κ2) is 7.95. The van der Waals surface area contributed by atoms with Crippen LogP contribution in [0.5, 0.6) is 0 Å². The molecule has 2 heterocycles. The highest BCUT2D eigenvalue weighted by Crippen LogP contribution is 2.25. The second-order valence-corrected chi connectivity index (χ2v) is 5.69. The molecule has 114 valence electrons. The molecule has 6 heteroatoms. The normalized spacial score (nSPS) is 10.8. The lowest BCUT2D eigenvalue weighted by molar-refractivity contribution is -0.130. The Kier molecular flexibility index (Phi) is 5.95. The Bertz CT molecular complexity index is 546. The van der Waals surface area contributed by atoms with Crippen molar-refractivity contribution < 1.29 is 4.79 Å². The highest BCUT2D eigenvalue weighted by Gasteiger charge is 2.10. The van der Waals surface area contributed by atoms with Crippen LogP contribution >= 0.6 is 11.3 Å². The number of thiophene rings is 1. The molecule has 0 aliphatic heterocycles. The van der Waals surface area contributed by atoms with E-state index >= 15 is 0 Å². The predicted molar refractivity (Wildman–Crippen MR) is 86.2 cm³/mol. The van der Waals surface area contributed by atoms with Gasteiger partial charge in [0.25, 0.3) is 0 Å². The summed E-state index contributed by atoms with van der Waals surface area (Å²) in [4.78, 5) is 14.9. The fourth-order valence-corrected chi connectivity index (χ4v) is 2.99. The number of nitrogens with zero attached hydrogens (tertiary/aromatic N) is 2. The number of carbonyl (C=O) groups excluding carboxylic acids is 1. The van der Waals surface area contributed by atoms with Crippen LogP contribution < -0.4 is 5.32 Å². The van der Waals surface area contributed by atoms with Gasteiger partial charge in [0.2, 0.25) is 5.91 Å². The molecule has 0 aliphatic rings. The fourth-order valence-electron chi connectivity index (χ4n) is 2.23. The zero-order chi connectivity index (χ0) is 15.1. The quantitative estimate of drug-likeness (QED) is 0.737. The summed E-state index contributed by atoms with van der Waals surface area (Å²) in [6.45, 7) is 6.97. The molecule has 5 nitrogen and oxygen atoms in total. The molecule has 0 saturated heterocycles. The van der Waals surface area contributed by atoms with Crippen LogP contribution in [0.25, 0.3) is 10.6 Å². The number of nitrogens with one attached hydrogen (secondary N) is 2. The number of H-pyrrole nitrogens is 1. The first-order valence-electron chi connectivity index (χ1n) is 7.30. The van der Waals surface area contributed by atoms with E-state index < -0.39 is 0 Å². The predicted octanol–water partition coefficient (Wildman–Crippen LogP) is 2.49. The van der Waals surface area contributed by atoms with Crippen molar-refractivity contribution in [2.24, 2.45) is 0 Å². The maximum Gasteiger partial charge on any atom is 0.223 e. The van der Waals surface area contributed by atoms with E-state index in [1.54, 1.807) is 11.3 Å². The molecule has 2 aromatic heterocycles. The molecule has 0 atom stereocenters. The van der Waals surface area contributed by atoms with Gasteiger partial charge in [-0.15, -0.1) is 11.3 Å². The Morgan fingerprint density at radius 1 is 1.43 bits per heavy atom. The molecule has 0 radical (unpaired) electrons. The Balaban J connectivity index is 1.80. The summed E-state index contributed by atoms with van der Waals surface area (Å²) in [5.41, 5.74) is 2.19. The lowest BCUT2D eigenvalue weighted by Crippen LogP contribution is -2.32. The highest BCUT2D eigenvalue weighted by molar-refractivity contribution is 7.13. The van der Waals surface area contributed by atoms with Gasteiger partial charge < -0.3 is 10.2 Å². The summed E-state index contributed by atoms with van der Waals surface area (Å²) >= 11 is 1.69. The van der Waals surface area contributed by atoms with Crippen molar-refractivity contribution >= 4 is 17.2 Å². The van der Waals surface area contributed by atoms with E-state index in [9.17, 15) is 4.79 Å². The first kappa shape index (κ1) is 15.7. The zero-order valence-corrected chi connectivity index (χ0v) is 13.4. The number of aromatic nitrogens is 2. The van der Waals surface area contributed by atoms with E-state index in [2.05, 4.69) is 27.0 Å². The number of rotatable bonds is 8. The van der Waals surface area contributed by atoms with Crippen molar-refractivity contribution in [1.29, 1.82) is 0 Å². The number of carbonyl (C=O) groups is 1. The standard InChI is InChI=1S/C15H22N4OS/c1-3-19(4-2)14(20)7-8-16-10-12-11-17-18-15(12)13-6-5-9-21-13/h5-6,9,11,16H,3-4,7-8,10H2,1-2H3,(H,17,18). The molecule has 2 rings (SSSR count). The largest absolute Gasteiger partial charge is 0.343 e.